The number of benzene rings is 5. The van der Waals surface area contributed by atoms with Crippen LogP contribution in [0.15, 0.2) is 103 Å². The lowest BCUT2D eigenvalue weighted by atomic mass is 9.67. The molecular weight excluding hydrogens is 588 g/mol. The molecule has 2 heterocycles. The van der Waals surface area contributed by atoms with Crippen LogP contribution in [0.5, 0.6) is 5.75 Å². The van der Waals surface area contributed by atoms with E-state index in [2.05, 4.69) is 114 Å². The lowest BCUT2D eigenvalue weighted by molar-refractivity contribution is 0.122. The predicted octanol–water partition coefficient (Wildman–Crippen LogP) is 9.91. The summed E-state index contributed by atoms with van der Waals surface area (Å²) in [4.78, 5) is 2.40. The number of hydrogen-bond acceptors (Lipinski definition) is 4. The predicted molar refractivity (Wildman–Crippen MR) is 194 cm³/mol. The van der Waals surface area contributed by atoms with E-state index < -0.39 is 5.60 Å². The molecule has 2 aliphatic carbocycles. The summed E-state index contributed by atoms with van der Waals surface area (Å²) >= 11 is 0. The Balaban J connectivity index is 1.28. The quantitative estimate of drug-likeness (QED) is 0.200. The van der Waals surface area contributed by atoms with Crippen molar-refractivity contribution in [2.45, 2.75) is 56.0 Å². The van der Waals surface area contributed by atoms with Gasteiger partial charge in [-0.3, -0.25) is 0 Å². The Bertz CT molecular complexity index is 2080. The smallest absolute Gasteiger partial charge is 0.178 e. The zero-order valence-corrected chi connectivity index (χ0v) is 27.4. The first kappa shape index (κ1) is 29.3. The van der Waals surface area contributed by atoms with Gasteiger partial charge in [0.1, 0.15) is 5.75 Å². The molecule has 238 valence electrons. The van der Waals surface area contributed by atoms with Crippen LogP contribution in [0.4, 0.5) is 5.69 Å². The number of hydrogen-bond donors (Lipinski definition) is 0. The minimum absolute atomic E-state index is 0.147. The van der Waals surface area contributed by atoms with Gasteiger partial charge in [-0.1, -0.05) is 111 Å². The lowest BCUT2D eigenvalue weighted by Gasteiger charge is -2.40. The number of fused-ring (bicyclic) bond motifs is 10. The highest BCUT2D eigenvalue weighted by Gasteiger charge is 2.48. The van der Waals surface area contributed by atoms with Crippen LogP contribution in [-0.2, 0) is 15.8 Å². The fourth-order valence-electron chi connectivity index (χ4n) is 9.16. The van der Waals surface area contributed by atoms with Crippen molar-refractivity contribution in [1.29, 1.82) is 5.26 Å². The summed E-state index contributed by atoms with van der Waals surface area (Å²) in [6.45, 7) is 3.34. The standard InChI is InChI=1S/C44H40N2O2/c45-30-31-15-20-37-39(29-31)43(22-9-2-1-3-10-23-43)41-38-21-24-44(32-11-5-4-6-12-32,48-42(38)36-14-8-7-13-35(36)40(37)41)33-16-18-34(19-17-33)46-25-27-47-28-26-46/h4-8,11-21,24,29H,1-3,9-10,22-23,25-28H2. The molecule has 48 heavy (non-hydrogen) atoms. The molecule has 1 saturated carbocycles. The molecule has 2 aliphatic heterocycles. The van der Waals surface area contributed by atoms with Gasteiger partial charge in [0.15, 0.2) is 5.60 Å². The zero-order chi connectivity index (χ0) is 32.1. The average Bonchev–Trinajstić information content (AvgIpc) is 3.43. The summed E-state index contributed by atoms with van der Waals surface area (Å²) in [5.74, 6) is 0.961. The third kappa shape index (κ3) is 4.45. The van der Waals surface area contributed by atoms with Gasteiger partial charge >= 0.3 is 0 Å². The number of nitriles is 1. The van der Waals surface area contributed by atoms with Gasteiger partial charge in [-0.25, -0.2) is 0 Å². The summed E-state index contributed by atoms with van der Waals surface area (Å²) < 4.78 is 13.2. The molecule has 1 spiro atoms. The van der Waals surface area contributed by atoms with Gasteiger partial charge in [-0.05, 0) is 70.8 Å². The largest absolute Gasteiger partial charge is 0.472 e. The third-order valence-electron chi connectivity index (χ3n) is 11.4. The van der Waals surface area contributed by atoms with Crippen LogP contribution in [0.1, 0.15) is 78.3 Å². The molecule has 1 saturated heterocycles. The second-order valence-corrected chi connectivity index (χ2v) is 13.9. The summed E-state index contributed by atoms with van der Waals surface area (Å²) in [7, 11) is 0. The minimum Gasteiger partial charge on any atom is -0.472 e. The number of ether oxygens (including phenoxy) is 2. The first-order valence-electron chi connectivity index (χ1n) is 17.7. The maximum Gasteiger partial charge on any atom is 0.178 e. The molecule has 1 atom stereocenters. The van der Waals surface area contributed by atoms with Crippen molar-refractivity contribution in [3.63, 3.8) is 0 Å². The zero-order valence-electron chi connectivity index (χ0n) is 27.4. The highest BCUT2D eigenvalue weighted by molar-refractivity contribution is 6.08. The van der Waals surface area contributed by atoms with Gasteiger partial charge in [0.25, 0.3) is 0 Å². The second kappa shape index (κ2) is 11.7. The van der Waals surface area contributed by atoms with E-state index in [0.29, 0.717) is 0 Å². The summed E-state index contributed by atoms with van der Waals surface area (Å²) in [5, 5.41) is 12.4. The fraction of sp³-hybridized carbons (Fsp3) is 0.295. The maximum absolute atomic E-state index is 10.0. The first-order chi connectivity index (χ1) is 23.7. The number of anilines is 1. The van der Waals surface area contributed by atoms with Crippen LogP contribution >= 0.6 is 0 Å². The van der Waals surface area contributed by atoms with Gasteiger partial charge in [0.2, 0.25) is 0 Å². The maximum atomic E-state index is 10.0. The Morgan fingerprint density at radius 1 is 0.708 bits per heavy atom. The summed E-state index contributed by atoms with van der Waals surface area (Å²) in [5.41, 5.74) is 9.82. The fourth-order valence-corrected chi connectivity index (χ4v) is 9.16. The highest BCUT2D eigenvalue weighted by Crippen LogP contribution is 2.61. The molecule has 0 radical (unpaired) electrons. The van der Waals surface area contributed by atoms with Crippen molar-refractivity contribution >= 4 is 22.5 Å². The van der Waals surface area contributed by atoms with E-state index in [4.69, 9.17) is 9.47 Å². The Labute approximate surface area is 283 Å². The van der Waals surface area contributed by atoms with Crippen LogP contribution in [0.25, 0.3) is 28.0 Å². The number of nitrogens with zero attached hydrogens (tertiary/aromatic N) is 2. The molecule has 0 N–H and O–H groups in total. The van der Waals surface area contributed by atoms with E-state index in [1.807, 2.05) is 6.07 Å². The monoisotopic (exact) mass is 628 g/mol. The molecule has 5 aromatic carbocycles. The van der Waals surface area contributed by atoms with Crippen LogP contribution < -0.4 is 9.64 Å². The molecule has 4 heteroatoms. The molecule has 4 nitrogen and oxygen atoms in total. The second-order valence-electron chi connectivity index (χ2n) is 13.9. The topological polar surface area (TPSA) is 45.5 Å². The van der Waals surface area contributed by atoms with Gasteiger partial charge in [-0.15, -0.1) is 0 Å². The van der Waals surface area contributed by atoms with Gasteiger partial charge < -0.3 is 14.4 Å². The van der Waals surface area contributed by atoms with Crippen molar-refractivity contribution in [3.8, 4) is 22.9 Å². The van der Waals surface area contributed by atoms with E-state index in [1.54, 1.807) is 0 Å². The molecule has 4 aliphatic rings. The minimum atomic E-state index is -0.789. The average molecular weight is 629 g/mol. The van der Waals surface area contributed by atoms with Crippen LogP contribution in [-0.4, -0.2) is 26.3 Å². The Kier molecular flexibility index (Phi) is 7.13. The van der Waals surface area contributed by atoms with Crippen molar-refractivity contribution in [2.24, 2.45) is 0 Å². The number of rotatable bonds is 3. The molecular formula is C44H40N2O2. The normalized spacial score (nSPS) is 21.0. The first-order valence-corrected chi connectivity index (χ1v) is 17.7. The molecule has 0 bridgehead atoms. The number of morpholine rings is 1. The van der Waals surface area contributed by atoms with Crippen molar-refractivity contribution in [3.05, 3.63) is 137 Å². The molecule has 2 fully saturated rings. The van der Waals surface area contributed by atoms with Crippen LogP contribution in [0.2, 0.25) is 0 Å². The summed E-state index contributed by atoms with van der Waals surface area (Å²) in [6.07, 6.45) is 13.1. The van der Waals surface area contributed by atoms with E-state index >= 15 is 0 Å². The molecule has 0 aromatic heterocycles. The van der Waals surface area contributed by atoms with Crippen molar-refractivity contribution < 1.29 is 9.47 Å². The Morgan fingerprint density at radius 3 is 2.15 bits per heavy atom. The van der Waals surface area contributed by atoms with E-state index in [0.717, 1.165) is 67.0 Å². The van der Waals surface area contributed by atoms with Crippen LogP contribution in [0.3, 0.4) is 0 Å². The van der Waals surface area contributed by atoms with E-state index in [-0.39, 0.29) is 5.41 Å². The van der Waals surface area contributed by atoms with E-state index in [9.17, 15) is 5.26 Å². The van der Waals surface area contributed by atoms with Crippen LogP contribution in [0, 0.1) is 11.3 Å². The molecule has 0 amide bonds. The Morgan fingerprint density at radius 2 is 1.40 bits per heavy atom. The van der Waals surface area contributed by atoms with Gasteiger partial charge in [0.05, 0.1) is 24.8 Å². The van der Waals surface area contributed by atoms with Crippen molar-refractivity contribution in [1.82, 2.24) is 0 Å². The molecule has 1 unspecified atom stereocenters. The van der Waals surface area contributed by atoms with Crippen molar-refractivity contribution in [2.75, 3.05) is 31.2 Å². The highest BCUT2D eigenvalue weighted by atomic mass is 16.5. The Hall–Kier alpha value is -4.85. The molecule has 9 rings (SSSR count). The van der Waals surface area contributed by atoms with Gasteiger partial charge in [-0.2, -0.15) is 5.26 Å². The lowest BCUT2D eigenvalue weighted by Crippen LogP contribution is -2.37. The SMILES string of the molecule is N#Cc1ccc2c(c1)C1(CCCCCCC1)c1c3c(c4ccccc4c1-2)OC(c1ccccc1)(c1ccc(N2CCOCC2)cc1)C=C3. The van der Waals surface area contributed by atoms with Gasteiger partial charge in [0, 0.05) is 46.3 Å². The molecule has 5 aromatic rings. The van der Waals surface area contributed by atoms with E-state index in [1.165, 1.54) is 71.0 Å². The third-order valence-corrected chi connectivity index (χ3v) is 11.4. The summed E-state index contributed by atoms with van der Waals surface area (Å²) in [6, 6.07) is 37.4.